The molecule has 0 unspecified atom stereocenters. The van der Waals surface area contributed by atoms with E-state index in [2.05, 4.69) is 5.32 Å². The number of hydrogen-bond acceptors (Lipinski definition) is 4. The second kappa shape index (κ2) is 9.31. The number of carbonyl (C=O) groups excluding carboxylic acids is 1. The molecule has 0 radical (unpaired) electrons. The number of sulfonamides is 1. The lowest BCUT2D eigenvalue weighted by Gasteiger charge is -2.21. The summed E-state index contributed by atoms with van der Waals surface area (Å²) >= 11 is 0. The number of rotatable bonds is 8. The second-order valence-corrected chi connectivity index (χ2v) is 8.01. The van der Waals surface area contributed by atoms with Gasteiger partial charge in [0.2, 0.25) is 10.0 Å². The van der Waals surface area contributed by atoms with Crippen LogP contribution < -0.4 is 5.32 Å². The molecule has 1 amide bonds. The summed E-state index contributed by atoms with van der Waals surface area (Å²) in [6.07, 6.45) is 1.44. The molecule has 2 rings (SSSR count). The first-order valence-electron chi connectivity index (χ1n) is 8.84. The maximum atomic E-state index is 12.9. The highest BCUT2D eigenvalue weighted by atomic mass is 32.2. The van der Waals surface area contributed by atoms with Gasteiger partial charge in [0, 0.05) is 24.3 Å². The lowest BCUT2D eigenvalue weighted by molar-refractivity contribution is 0.102. The molecule has 0 aliphatic heterocycles. The largest absolute Gasteiger partial charge is 0.322 e. The normalized spacial score (nSPS) is 11.2. The first kappa shape index (κ1) is 20.6. The second-order valence-electron chi connectivity index (χ2n) is 6.08. The lowest BCUT2D eigenvalue weighted by Crippen LogP contribution is -2.32. The van der Waals surface area contributed by atoms with E-state index in [-0.39, 0.29) is 10.5 Å². The molecule has 0 saturated heterocycles. The monoisotopic (exact) mass is 385 g/mol. The van der Waals surface area contributed by atoms with Crippen LogP contribution in [0.3, 0.4) is 0 Å². The molecule has 27 heavy (non-hydrogen) atoms. The Kier molecular flexibility index (Phi) is 7.11. The highest BCUT2D eigenvalue weighted by Crippen LogP contribution is 2.19. The van der Waals surface area contributed by atoms with Gasteiger partial charge in [0.05, 0.1) is 16.5 Å². The maximum Gasteiger partial charge on any atom is 0.255 e. The van der Waals surface area contributed by atoms with Gasteiger partial charge in [-0.05, 0) is 55.3 Å². The number of hydrogen-bond donors (Lipinski definition) is 1. The summed E-state index contributed by atoms with van der Waals surface area (Å²) < 4.78 is 27.2. The van der Waals surface area contributed by atoms with Crippen molar-refractivity contribution in [1.82, 2.24) is 4.31 Å². The Morgan fingerprint density at radius 2 is 1.70 bits per heavy atom. The number of nitrogens with zero attached hydrogens (tertiary/aromatic N) is 2. The van der Waals surface area contributed by atoms with Crippen LogP contribution >= 0.6 is 0 Å². The summed E-state index contributed by atoms with van der Waals surface area (Å²) in [5.74, 6) is -0.408. The minimum absolute atomic E-state index is 0.108. The first-order valence-corrected chi connectivity index (χ1v) is 10.3. The van der Waals surface area contributed by atoms with Crippen molar-refractivity contribution in [3.05, 3.63) is 59.7 Å². The van der Waals surface area contributed by atoms with Gasteiger partial charge >= 0.3 is 0 Å². The Bertz CT molecular complexity index is 926. The van der Waals surface area contributed by atoms with E-state index in [0.717, 1.165) is 12.8 Å². The Morgan fingerprint density at radius 3 is 2.26 bits per heavy atom. The minimum Gasteiger partial charge on any atom is -0.322 e. The fourth-order valence-electron chi connectivity index (χ4n) is 2.63. The predicted molar refractivity (Wildman–Crippen MR) is 105 cm³/mol. The van der Waals surface area contributed by atoms with E-state index in [4.69, 9.17) is 5.26 Å². The molecule has 0 bridgehead atoms. The zero-order valence-electron chi connectivity index (χ0n) is 15.5. The number of nitriles is 1. The zero-order chi connectivity index (χ0) is 19.9. The van der Waals surface area contributed by atoms with Crippen LogP contribution in [0.15, 0.2) is 53.4 Å². The van der Waals surface area contributed by atoms with Gasteiger partial charge < -0.3 is 5.32 Å². The summed E-state index contributed by atoms with van der Waals surface area (Å²) in [7, 11) is -3.65. The van der Waals surface area contributed by atoms with Gasteiger partial charge in [-0.15, -0.1) is 0 Å². The number of carbonyl (C=O) groups is 1. The van der Waals surface area contributed by atoms with Gasteiger partial charge in [-0.2, -0.15) is 9.57 Å². The molecule has 142 valence electrons. The minimum atomic E-state index is -3.65. The van der Waals surface area contributed by atoms with E-state index in [0.29, 0.717) is 24.3 Å². The van der Waals surface area contributed by atoms with E-state index < -0.39 is 15.9 Å². The van der Waals surface area contributed by atoms with Crippen LogP contribution in [-0.4, -0.2) is 31.7 Å². The molecule has 0 aliphatic carbocycles. The van der Waals surface area contributed by atoms with Crippen LogP contribution in [0.5, 0.6) is 0 Å². The Labute approximate surface area is 160 Å². The van der Waals surface area contributed by atoms with Crippen molar-refractivity contribution in [2.75, 3.05) is 18.4 Å². The zero-order valence-corrected chi connectivity index (χ0v) is 16.3. The Morgan fingerprint density at radius 1 is 1.07 bits per heavy atom. The fourth-order valence-corrected chi connectivity index (χ4v) is 4.30. The molecule has 0 aromatic heterocycles. The van der Waals surface area contributed by atoms with E-state index >= 15 is 0 Å². The van der Waals surface area contributed by atoms with Crippen molar-refractivity contribution in [3.63, 3.8) is 0 Å². The third kappa shape index (κ3) is 5.16. The third-order valence-corrected chi connectivity index (χ3v) is 5.85. The van der Waals surface area contributed by atoms with E-state index in [1.54, 1.807) is 36.4 Å². The van der Waals surface area contributed by atoms with E-state index in [1.165, 1.54) is 16.4 Å². The van der Waals surface area contributed by atoms with Gasteiger partial charge in [0.25, 0.3) is 5.91 Å². The average Bonchev–Trinajstić information content (AvgIpc) is 2.68. The van der Waals surface area contributed by atoms with Crippen molar-refractivity contribution in [1.29, 1.82) is 5.26 Å². The average molecular weight is 385 g/mol. The first-order chi connectivity index (χ1) is 12.9. The van der Waals surface area contributed by atoms with Crippen molar-refractivity contribution in [2.24, 2.45) is 0 Å². The summed E-state index contributed by atoms with van der Waals surface area (Å²) in [5.41, 5.74) is 1.28. The van der Waals surface area contributed by atoms with Crippen LogP contribution in [-0.2, 0) is 10.0 Å². The topological polar surface area (TPSA) is 90.3 Å². The van der Waals surface area contributed by atoms with Crippen molar-refractivity contribution >= 4 is 21.6 Å². The van der Waals surface area contributed by atoms with Crippen molar-refractivity contribution in [2.45, 2.75) is 31.6 Å². The van der Waals surface area contributed by atoms with Gasteiger partial charge in [-0.1, -0.05) is 19.9 Å². The van der Waals surface area contributed by atoms with Crippen LogP contribution in [0.4, 0.5) is 5.69 Å². The van der Waals surface area contributed by atoms with Crippen LogP contribution in [0.1, 0.15) is 42.6 Å². The summed E-state index contributed by atoms with van der Waals surface area (Å²) in [6.45, 7) is 4.74. The van der Waals surface area contributed by atoms with E-state index in [1.807, 2.05) is 19.9 Å². The highest BCUT2D eigenvalue weighted by molar-refractivity contribution is 7.89. The number of amides is 1. The molecule has 0 atom stereocenters. The molecule has 7 heteroatoms. The van der Waals surface area contributed by atoms with Crippen LogP contribution in [0, 0.1) is 11.3 Å². The van der Waals surface area contributed by atoms with Gasteiger partial charge in [0.15, 0.2) is 0 Å². The molecule has 2 aromatic carbocycles. The standard InChI is InChI=1S/C20H23N3O3S/c1-3-12-23(13-4-2)27(25,26)19-7-5-6-17(14-19)20(24)22-18-10-8-16(15-21)9-11-18/h5-11,14H,3-4,12-13H2,1-2H3,(H,22,24). The molecule has 0 heterocycles. The SMILES string of the molecule is CCCN(CCC)S(=O)(=O)c1cccc(C(=O)Nc2ccc(C#N)cc2)c1. The maximum absolute atomic E-state index is 12.9. The van der Waals surface area contributed by atoms with Crippen LogP contribution in [0.25, 0.3) is 0 Å². The number of anilines is 1. The summed E-state index contributed by atoms with van der Waals surface area (Å²) in [4.78, 5) is 12.6. The number of benzene rings is 2. The molecule has 0 aliphatic rings. The molecular weight excluding hydrogens is 362 g/mol. The smallest absolute Gasteiger partial charge is 0.255 e. The van der Waals surface area contributed by atoms with E-state index in [9.17, 15) is 13.2 Å². The lowest BCUT2D eigenvalue weighted by atomic mass is 10.2. The highest BCUT2D eigenvalue weighted by Gasteiger charge is 2.23. The summed E-state index contributed by atoms with van der Waals surface area (Å²) in [6, 6.07) is 14.5. The molecule has 1 N–H and O–H groups in total. The van der Waals surface area contributed by atoms with Gasteiger partial charge in [-0.25, -0.2) is 8.42 Å². The molecule has 2 aromatic rings. The molecule has 0 fully saturated rings. The predicted octanol–water partition coefficient (Wildman–Crippen LogP) is 3.62. The molecule has 0 saturated carbocycles. The van der Waals surface area contributed by atoms with Crippen molar-refractivity contribution < 1.29 is 13.2 Å². The van der Waals surface area contributed by atoms with Gasteiger partial charge in [0.1, 0.15) is 0 Å². The summed E-state index contributed by atoms with van der Waals surface area (Å²) in [5, 5.41) is 11.5. The Balaban J connectivity index is 2.25. The Hall–Kier alpha value is -2.69. The van der Waals surface area contributed by atoms with Crippen molar-refractivity contribution in [3.8, 4) is 6.07 Å². The molecule has 0 spiro atoms. The third-order valence-electron chi connectivity index (χ3n) is 3.95. The van der Waals surface area contributed by atoms with Crippen LogP contribution in [0.2, 0.25) is 0 Å². The number of nitrogens with one attached hydrogen (secondary N) is 1. The van der Waals surface area contributed by atoms with Gasteiger partial charge in [-0.3, -0.25) is 4.79 Å². The molecule has 6 nitrogen and oxygen atoms in total. The molecular formula is C20H23N3O3S. The fraction of sp³-hybridized carbons (Fsp3) is 0.300. The quantitative estimate of drug-likeness (QED) is 0.751.